The Bertz CT molecular complexity index is 899. The Balaban J connectivity index is 1.60. The molecule has 6 atom stereocenters. The molecule has 0 amide bonds. The average molecular weight is 643 g/mol. The van der Waals surface area contributed by atoms with Crippen molar-refractivity contribution in [1.29, 1.82) is 0 Å². The van der Waals surface area contributed by atoms with E-state index in [2.05, 4.69) is 103 Å². The Morgan fingerprint density at radius 2 is 1.38 bits per heavy atom. The molecule has 39 heavy (non-hydrogen) atoms. The van der Waals surface area contributed by atoms with Crippen LogP contribution in [-0.2, 0) is 25.3 Å². The third-order valence-electron chi connectivity index (χ3n) is 7.22. The lowest BCUT2D eigenvalue weighted by molar-refractivity contribution is 0.299. The lowest BCUT2D eigenvalue weighted by atomic mass is 9.88. The van der Waals surface area contributed by atoms with E-state index in [1.807, 2.05) is 0 Å². The van der Waals surface area contributed by atoms with Crippen LogP contribution in [0.4, 0.5) is 0 Å². The van der Waals surface area contributed by atoms with E-state index >= 15 is 0 Å². The number of benzene rings is 1. The molecule has 1 aliphatic carbocycles. The van der Waals surface area contributed by atoms with Gasteiger partial charge >= 0.3 is 35.7 Å². The van der Waals surface area contributed by atoms with Crippen LogP contribution in [0.5, 0.6) is 0 Å². The van der Waals surface area contributed by atoms with E-state index in [9.17, 15) is 0 Å². The molecule has 1 aromatic rings. The standard InChI is InChI=1S/C27H54O6Si6/c1-23(25-15-13-12-14-16-25)22-39(11,33-37(7,8)9)31-35(3)29-34(2)30-38(10,32-36(4,5)6)20-19-24-17-18-26-27(21-24)28-26/h12-16,23-24,26-27H,17-22H2,1-11H3. The van der Waals surface area contributed by atoms with Crippen LogP contribution in [0.25, 0.3) is 0 Å². The van der Waals surface area contributed by atoms with Gasteiger partial charge in [0.15, 0.2) is 16.6 Å². The van der Waals surface area contributed by atoms with Gasteiger partial charge in [0.25, 0.3) is 0 Å². The van der Waals surface area contributed by atoms with E-state index in [1.165, 1.54) is 31.2 Å². The Labute approximate surface area is 246 Å². The smallest absolute Gasteiger partial charge is 0.362 e. The maximum Gasteiger partial charge on any atom is 0.362 e. The van der Waals surface area contributed by atoms with E-state index in [4.69, 9.17) is 25.3 Å². The number of epoxide rings is 1. The zero-order chi connectivity index (χ0) is 29.1. The van der Waals surface area contributed by atoms with Crippen LogP contribution in [0.1, 0.15) is 44.1 Å². The van der Waals surface area contributed by atoms with Gasteiger partial charge in [0.05, 0.1) is 12.2 Å². The average Bonchev–Trinajstić information content (AvgIpc) is 3.54. The first-order valence-electron chi connectivity index (χ1n) is 14.8. The van der Waals surface area contributed by atoms with E-state index in [0.29, 0.717) is 18.1 Å². The topological polar surface area (TPSA) is 58.7 Å². The van der Waals surface area contributed by atoms with Crippen LogP contribution < -0.4 is 0 Å². The van der Waals surface area contributed by atoms with Crippen molar-refractivity contribution < 1.29 is 25.3 Å². The minimum Gasteiger partial charge on any atom is -0.437 e. The summed E-state index contributed by atoms with van der Waals surface area (Å²) in [5, 5.41) is 0. The quantitative estimate of drug-likeness (QED) is 0.135. The van der Waals surface area contributed by atoms with E-state index in [1.54, 1.807) is 0 Å². The highest BCUT2D eigenvalue weighted by atomic mass is 28.5. The second-order valence-corrected chi connectivity index (χ2v) is 33.9. The Morgan fingerprint density at radius 1 is 0.821 bits per heavy atom. The molecule has 1 aromatic carbocycles. The lowest BCUT2D eigenvalue weighted by Gasteiger charge is -2.39. The maximum atomic E-state index is 6.81. The van der Waals surface area contributed by atoms with Crippen LogP contribution >= 0.6 is 0 Å². The highest BCUT2D eigenvalue weighted by Gasteiger charge is 2.46. The number of fused-ring (bicyclic) bond motifs is 1. The first-order valence-corrected chi connectivity index (χ1v) is 30.3. The fourth-order valence-corrected chi connectivity index (χ4v) is 28.8. The van der Waals surface area contributed by atoms with Crippen molar-refractivity contribution in [2.75, 3.05) is 0 Å². The molecule has 1 saturated carbocycles. The molecule has 6 nitrogen and oxygen atoms in total. The fraction of sp³-hybridized carbons (Fsp3) is 0.778. The normalized spacial score (nSPS) is 25.7. The predicted molar refractivity (Wildman–Crippen MR) is 174 cm³/mol. The van der Waals surface area contributed by atoms with Gasteiger partial charge in [-0.3, -0.25) is 0 Å². The summed E-state index contributed by atoms with van der Waals surface area (Å²) in [4.78, 5) is 0. The molecular weight excluding hydrogens is 589 g/mol. The third kappa shape index (κ3) is 12.2. The molecule has 6 unspecified atom stereocenters. The molecule has 1 aliphatic heterocycles. The van der Waals surface area contributed by atoms with Crippen molar-refractivity contribution in [3.8, 4) is 0 Å². The molecule has 1 saturated heterocycles. The van der Waals surface area contributed by atoms with Gasteiger partial charge in [-0.25, -0.2) is 0 Å². The van der Waals surface area contributed by atoms with Gasteiger partial charge in [-0.15, -0.1) is 0 Å². The van der Waals surface area contributed by atoms with E-state index < -0.39 is 52.3 Å². The van der Waals surface area contributed by atoms with Gasteiger partial charge in [-0.2, -0.15) is 0 Å². The first kappa shape index (κ1) is 33.8. The minimum atomic E-state index is -2.48. The Hall–Kier alpha value is 0.281. The Kier molecular flexibility index (Phi) is 11.9. The van der Waals surface area contributed by atoms with Crippen LogP contribution in [0.3, 0.4) is 0 Å². The molecule has 0 spiro atoms. The summed E-state index contributed by atoms with van der Waals surface area (Å²) < 4.78 is 39.6. The van der Waals surface area contributed by atoms with Crippen molar-refractivity contribution in [3.05, 3.63) is 35.9 Å². The van der Waals surface area contributed by atoms with E-state index in [-0.39, 0.29) is 0 Å². The molecule has 0 bridgehead atoms. The van der Waals surface area contributed by atoms with Gasteiger partial charge in [-0.05, 0) is 121 Å². The molecule has 3 rings (SSSR count). The second-order valence-electron chi connectivity index (χ2n) is 13.9. The fourth-order valence-electron chi connectivity index (χ4n) is 6.05. The zero-order valence-corrected chi connectivity index (χ0v) is 32.4. The highest BCUT2D eigenvalue weighted by Crippen LogP contribution is 2.42. The second kappa shape index (κ2) is 13.7. The SMILES string of the molecule is CC(C[Si](C)(O[Si](C)O[Si](C)O[Si](C)(CCC1CCC2OC2C1)O[Si](C)(C)C)O[Si](C)(C)C)c1ccccc1. The largest absolute Gasteiger partial charge is 0.437 e. The lowest BCUT2D eigenvalue weighted by Crippen LogP contribution is -2.53. The van der Waals surface area contributed by atoms with Crippen molar-refractivity contribution in [3.63, 3.8) is 0 Å². The number of ether oxygens (including phenoxy) is 1. The summed E-state index contributed by atoms with van der Waals surface area (Å²) in [5.41, 5.74) is 1.33. The van der Waals surface area contributed by atoms with Gasteiger partial charge in [-0.1, -0.05) is 37.3 Å². The van der Waals surface area contributed by atoms with Crippen molar-refractivity contribution in [2.45, 2.75) is 128 Å². The van der Waals surface area contributed by atoms with Crippen molar-refractivity contribution >= 4 is 52.3 Å². The Morgan fingerprint density at radius 3 is 1.95 bits per heavy atom. The summed E-state index contributed by atoms with van der Waals surface area (Å²) >= 11 is 0. The number of rotatable bonds is 16. The summed E-state index contributed by atoms with van der Waals surface area (Å²) in [6.45, 7) is 24.6. The molecule has 0 aromatic heterocycles. The number of hydrogen-bond acceptors (Lipinski definition) is 6. The summed E-state index contributed by atoms with van der Waals surface area (Å²) in [7, 11) is -11.5. The summed E-state index contributed by atoms with van der Waals surface area (Å²) in [5.74, 6) is 1.10. The molecule has 222 valence electrons. The van der Waals surface area contributed by atoms with Gasteiger partial charge < -0.3 is 25.3 Å². The summed E-state index contributed by atoms with van der Waals surface area (Å²) in [6.07, 6.45) is 5.95. The third-order valence-corrected chi connectivity index (χ3v) is 26.2. The monoisotopic (exact) mass is 642 g/mol. The van der Waals surface area contributed by atoms with Crippen LogP contribution in [0, 0.1) is 5.92 Å². The van der Waals surface area contributed by atoms with Crippen LogP contribution in [0.2, 0.25) is 77.6 Å². The molecular formula is C27H54O6Si6. The van der Waals surface area contributed by atoms with Gasteiger partial charge in [0, 0.05) is 0 Å². The van der Waals surface area contributed by atoms with Crippen molar-refractivity contribution in [1.82, 2.24) is 0 Å². The van der Waals surface area contributed by atoms with Crippen LogP contribution in [0.15, 0.2) is 30.3 Å². The highest BCUT2D eigenvalue weighted by molar-refractivity contribution is 6.86. The molecule has 1 heterocycles. The zero-order valence-electron chi connectivity index (χ0n) is 26.4. The molecule has 2 radical (unpaired) electrons. The molecule has 12 heteroatoms. The van der Waals surface area contributed by atoms with Gasteiger partial charge in [0.2, 0.25) is 0 Å². The molecule has 2 aliphatic rings. The van der Waals surface area contributed by atoms with Crippen LogP contribution in [-0.4, -0.2) is 64.5 Å². The van der Waals surface area contributed by atoms with E-state index in [0.717, 1.165) is 18.0 Å². The van der Waals surface area contributed by atoms with Gasteiger partial charge in [0.1, 0.15) is 0 Å². The summed E-state index contributed by atoms with van der Waals surface area (Å²) in [6, 6.07) is 12.6. The number of hydrogen-bond donors (Lipinski definition) is 0. The molecule has 2 fully saturated rings. The molecule has 0 N–H and O–H groups in total. The first-order chi connectivity index (χ1) is 17.9. The van der Waals surface area contributed by atoms with Crippen molar-refractivity contribution in [2.24, 2.45) is 5.92 Å². The maximum absolute atomic E-state index is 6.81. The predicted octanol–water partition coefficient (Wildman–Crippen LogP) is 7.88. The minimum absolute atomic E-state index is 0.369.